The van der Waals surface area contributed by atoms with Crippen LogP contribution in [0.15, 0.2) is 149 Å². The lowest BCUT2D eigenvalue weighted by Gasteiger charge is -2.28. The number of hydrogen-bond donors (Lipinski definition) is 0. The zero-order valence-corrected chi connectivity index (χ0v) is 22.9. The number of anilines is 3. The van der Waals surface area contributed by atoms with Gasteiger partial charge in [-0.25, -0.2) is 0 Å². The van der Waals surface area contributed by atoms with E-state index in [0.29, 0.717) is 0 Å². The van der Waals surface area contributed by atoms with Gasteiger partial charge in [0.1, 0.15) is 22.2 Å². The highest BCUT2D eigenvalue weighted by Gasteiger charge is 2.23. The smallest absolute Gasteiger partial charge is 0.153 e. The predicted octanol–water partition coefficient (Wildman–Crippen LogP) is 10.6. The van der Waals surface area contributed by atoms with Crippen molar-refractivity contribution in [3.63, 3.8) is 0 Å². The monoisotopic (exact) mass is 553 g/mol. The summed E-state index contributed by atoms with van der Waals surface area (Å²) in [6.07, 6.45) is 3.62. The van der Waals surface area contributed by atoms with Crippen molar-refractivity contribution in [2.24, 2.45) is 0 Å². The third kappa shape index (κ3) is 3.65. The molecule has 0 saturated heterocycles. The van der Waals surface area contributed by atoms with Crippen LogP contribution in [-0.2, 0) is 0 Å². The van der Waals surface area contributed by atoms with Crippen LogP contribution in [0.3, 0.4) is 0 Å². The van der Waals surface area contributed by atoms with Gasteiger partial charge < -0.3 is 13.7 Å². The van der Waals surface area contributed by atoms with Crippen LogP contribution in [0, 0.1) is 0 Å². The lowest BCUT2D eigenvalue weighted by atomic mass is 9.96. The van der Waals surface area contributed by atoms with Crippen molar-refractivity contribution in [3.8, 4) is 11.1 Å². The van der Waals surface area contributed by atoms with Gasteiger partial charge in [0, 0.05) is 29.0 Å². The largest absolute Gasteiger partial charge is 0.454 e. The normalized spacial score (nSPS) is 11.7. The molecule has 0 aliphatic heterocycles. The molecule has 0 unspecified atom stereocenters. The summed E-state index contributed by atoms with van der Waals surface area (Å²) in [5, 5.41) is 4.32. The quantitative estimate of drug-likeness (QED) is 0.217. The molecule has 0 bridgehead atoms. The number of para-hydroxylation sites is 1. The summed E-state index contributed by atoms with van der Waals surface area (Å²) < 4.78 is 12.4. The summed E-state index contributed by atoms with van der Waals surface area (Å²) >= 11 is 0. The van der Waals surface area contributed by atoms with Crippen LogP contribution >= 0.6 is 0 Å². The Labute approximate surface area is 246 Å². The molecule has 0 atom stereocenters. The van der Waals surface area contributed by atoms with Crippen molar-refractivity contribution in [2.75, 3.05) is 4.90 Å². The van der Waals surface area contributed by atoms with E-state index in [2.05, 4.69) is 94.8 Å². The zero-order valence-electron chi connectivity index (χ0n) is 22.9. The molecular formula is C38H23N3O2. The molecule has 0 aliphatic rings. The molecule has 4 heterocycles. The Kier molecular flexibility index (Phi) is 5.13. The maximum Gasteiger partial charge on any atom is 0.153 e. The van der Waals surface area contributed by atoms with Crippen molar-refractivity contribution in [3.05, 3.63) is 140 Å². The van der Waals surface area contributed by atoms with E-state index in [0.717, 1.165) is 72.3 Å². The maximum atomic E-state index is 6.29. The van der Waals surface area contributed by atoms with Crippen LogP contribution in [0.5, 0.6) is 0 Å². The molecule has 5 aromatic carbocycles. The Hall–Kier alpha value is -5.94. The van der Waals surface area contributed by atoms with E-state index in [-0.39, 0.29) is 0 Å². The topological polar surface area (TPSA) is 55.3 Å². The van der Waals surface area contributed by atoms with E-state index in [1.54, 1.807) is 0 Å². The molecule has 0 amide bonds. The van der Waals surface area contributed by atoms with E-state index in [1.165, 1.54) is 10.8 Å². The SMILES string of the molecule is c1ccc(N(c2ccc3oc4cccnc4c3c2)c2cccc3oc4cccnc4c23)c(-c2cccc3ccccc23)c1. The zero-order chi connectivity index (χ0) is 28.3. The third-order valence-electron chi connectivity index (χ3n) is 8.16. The molecule has 5 nitrogen and oxygen atoms in total. The van der Waals surface area contributed by atoms with Gasteiger partial charge >= 0.3 is 0 Å². The second-order valence-corrected chi connectivity index (χ2v) is 10.6. The molecule has 9 rings (SSSR count). The van der Waals surface area contributed by atoms with Crippen LogP contribution in [0.2, 0.25) is 0 Å². The molecule has 0 spiro atoms. The third-order valence-corrected chi connectivity index (χ3v) is 8.16. The van der Waals surface area contributed by atoms with Crippen molar-refractivity contribution in [1.82, 2.24) is 9.97 Å². The van der Waals surface area contributed by atoms with Crippen molar-refractivity contribution < 1.29 is 8.83 Å². The minimum Gasteiger partial charge on any atom is -0.454 e. The van der Waals surface area contributed by atoms with Crippen LogP contribution < -0.4 is 4.90 Å². The van der Waals surface area contributed by atoms with Crippen molar-refractivity contribution in [1.29, 1.82) is 0 Å². The molecule has 0 fully saturated rings. The first kappa shape index (κ1) is 23.7. The van der Waals surface area contributed by atoms with Gasteiger partial charge in [0.05, 0.1) is 16.8 Å². The predicted molar refractivity (Wildman–Crippen MR) is 174 cm³/mol. The van der Waals surface area contributed by atoms with Crippen LogP contribution in [0.25, 0.3) is 66.0 Å². The number of rotatable bonds is 4. The van der Waals surface area contributed by atoms with E-state index in [1.807, 2.05) is 54.9 Å². The first-order chi connectivity index (χ1) is 21.3. The van der Waals surface area contributed by atoms with Gasteiger partial charge in [0.25, 0.3) is 0 Å². The highest BCUT2D eigenvalue weighted by molar-refractivity contribution is 6.13. The molecular weight excluding hydrogens is 530 g/mol. The molecule has 43 heavy (non-hydrogen) atoms. The standard InChI is InChI=1S/C38H23N3O2/c1-2-11-26-24(9-1)10-5-13-27(26)28-12-3-4-14-30(28)41(25-19-20-32-29(23-25)37-34(42-32)17-7-21-39-37)31-15-6-16-33-36(31)38-35(43-33)18-8-22-40-38/h1-23H. The Bertz CT molecular complexity index is 2490. The van der Waals surface area contributed by atoms with Gasteiger partial charge in [-0.15, -0.1) is 0 Å². The van der Waals surface area contributed by atoms with Crippen LogP contribution in [-0.4, -0.2) is 9.97 Å². The molecule has 0 N–H and O–H groups in total. The van der Waals surface area contributed by atoms with Gasteiger partial charge in [0.15, 0.2) is 11.2 Å². The number of benzene rings is 5. The fraction of sp³-hybridized carbons (Fsp3) is 0. The number of furan rings is 2. The lowest BCUT2D eigenvalue weighted by Crippen LogP contribution is -2.11. The first-order valence-electron chi connectivity index (χ1n) is 14.2. The summed E-state index contributed by atoms with van der Waals surface area (Å²) in [4.78, 5) is 11.7. The minimum atomic E-state index is 0.757. The molecule has 9 aromatic rings. The molecule has 0 aliphatic carbocycles. The molecule has 202 valence electrons. The highest BCUT2D eigenvalue weighted by Crippen LogP contribution is 2.47. The second-order valence-electron chi connectivity index (χ2n) is 10.6. The van der Waals surface area contributed by atoms with Crippen LogP contribution in [0.1, 0.15) is 0 Å². The molecule has 0 radical (unpaired) electrons. The van der Waals surface area contributed by atoms with Crippen molar-refractivity contribution in [2.45, 2.75) is 0 Å². The molecule has 5 heteroatoms. The number of nitrogens with zero attached hydrogens (tertiary/aromatic N) is 3. The minimum absolute atomic E-state index is 0.757. The lowest BCUT2D eigenvalue weighted by molar-refractivity contribution is 0.667. The Morgan fingerprint density at radius 3 is 2.07 bits per heavy atom. The average molecular weight is 554 g/mol. The Morgan fingerprint density at radius 1 is 0.465 bits per heavy atom. The second kappa shape index (κ2) is 9.29. The molecule has 0 saturated carbocycles. The van der Waals surface area contributed by atoms with Crippen molar-refractivity contribution >= 4 is 72.0 Å². The summed E-state index contributed by atoms with van der Waals surface area (Å²) in [7, 11) is 0. The fourth-order valence-electron chi connectivity index (χ4n) is 6.30. The Balaban J connectivity index is 1.38. The fourth-order valence-corrected chi connectivity index (χ4v) is 6.30. The van der Waals surface area contributed by atoms with Crippen LogP contribution in [0.4, 0.5) is 17.1 Å². The summed E-state index contributed by atoms with van der Waals surface area (Å²) in [5.41, 5.74) is 10.1. The number of aromatic nitrogens is 2. The summed E-state index contributed by atoms with van der Waals surface area (Å²) in [6.45, 7) is 0. The van der Waals surface area contributed by atoms with E-state index in [4.69, 9.17) is 13.8 Å². The van der Waals surface area contributed by atoms with Gasteiger partial charge in [-0.3, -0.25) is 9.97 Å². The number of fused-ring (bicyclic) bond motifs is 7. The number of hydrogen-bond acceptors (Lipinski definition) is 5. The number of pyridine rings is 2. The summed E-state index contributed by atoms with van der Waals surface area (Å²) in [5.74, 6) is 0. The molecule has 4 aromatic heterocycles. The Morgan fingerprint density at radius 2 is 1.14 bits per heavy atom. The van der Waals surface area contributed by atoms with E-state index in [9.17, 15) is 0 Å². The van der Waals surface area contributed by atoms with Gasteiger partial charge in [-0.1, -0.05) is 66.7 Å². The van der Waals surface area contributed by atoms with Gasteiger partial charge in [0.2, 0.25) is 0 Å². The maximum absolute atomic E-state index is 6.29. The van der Waals surface area contributed by atoms with Gasteiger partial charge in [-0.2, -0.15) is 0 Å². The van der Waals surface area contributed by atoms with E-state index >= 15 is 0 Å². The first-order valence-corrected chi connectivity index (χ1v) is 14.2. The van der Waals surface area contributed by atoms with E-state index < -0.39 is 0 Å². The average Bonchev–Trinajstić information content (AvgIpc) is 3.64. The summed E-state index contributed by atoms with van der Waals surface area (Å²) in [6, 6.07) is 43.8. The van der Waals surface area contributed by atoms with Gasteiger partial charge in [-0.05, 0) is 77.0 Å². The highest BCUT2D eigenvalue weighted by atomic mass is 16.3.